The van der Waals surface area contributed by atoms with Crippen molar-refractivity contribution in [3.63, 3.8) is 0 Å². The maximum Gasteiger partial charge on any atom is 0.434 e. The van der Waals surface area contributed by atoms with Gasteiger partial charge in [0.15, 0.2) is 17.4 Å². The van der Waals surface area contributed by atoms with E-state index < -0.39 is 11.9 Å². The third-order valence-electron chi connectivity index (χ3n) is 3.86. The number of rotatable bonds is 6. The molecule has 11 heteroatoms. The van der Waals surface area contributed by atoms with Crippen molar-refractivity contribution in [2.24, 2.45) is 4.99 Å². The molecule has 0 radical (unpaired) electrons. The van der Waals surface area contributed by atoms with Crippen LogP contribution in [0, 0.1) is 0 Å². The third kappa shape index (κ3) is 5.83. The van der Waals surface area contributed by atoms with Gasteiger partial charge in [0.1, 0.15) is 5.01 Å². The second-order valence-electron chi connectivity index (χ2n) is 6.04. The largest absolute Gasteiger partial charge is 0.459 e. The van der Waals surface area contributed by atoms with Gasteiger partial charge >= 0.3 is 6.18 Å². The van der Waals surface area contributed by atoms with E-state index in [1.165, 1.54) is 6.26 Å². The van der Waals surface area contributed by atoms with Crippen molar-refractivity contribution in [1.82, 2.24) is 15.6 Å². The Balaban J connectivity index is 1.52. The molecule has 0 saturated heterocycles. The van der Waals surface area contributed by atoms with Crippen molar-refractivity contribution in [2.75, 3.05) is 12.4 Å². The number of alkyl halides is 3. The highest BCUT2D eigenvalue weighted by atomic mass is 32.1. The lowest BCUT2D eigenvalue weighted by atomic mass is 10.2. The van der Waals surface area contributed by atoms with E-state index >= 15 is 0 Å². The van der Waals surface area contributed by atoms with Gasteiger partial charge in [0.2, 0.25) is 0 Å². The molecule has 1 amide bonds. The number of hydrogen-bond donors (Lipinski definition) is 3. The molecule has 0 aliphatic heterocycles. The average molecular weight is 437 g/mol. The zero-order chi connectivity index (χ0) is 21.6. The van der Waals surface area contributed by atoms with Crippen LogP contribution in [0.25, 0.3) is 0 Å². The van der Waals surface area contributed by atoms with Crippen molar-refractivity contribution in [3.8, 4) is 0 Å². The summed E-state index contributed by atoms with van der Waals surface area (Å²) in [4.78, 5) is 19.7. The van der Waals surface area contributed by atoms with Gasteiger partial charge in [-0.15, -0.1) is 11.3 Å². The first kappa shape index (κ1) is 21.4. The summed E-state index contributed by atoms with van der Waals surface area (Å²) in [5.41, 5.74) is 0.561. The van der Waals surface area contributed by atoms with Gasteiger partial charge < -0.3 is 20.4 Å². The summed E-state index contributed by atoms with van der Waals surface area (Å²) in [7, 11) is 1.55. The Kier molecular flexibility index (Phi) is 6.72. The monoisotopic (exact) mass is 437 g/mol. The first-order valence-electron chi connectivity index (χ1n) is 8.75. The normalized spacial score (nSPS) is 11.9. The van der Waals surface area contributed by atoms with E-state index in [9.17, 15) is 18.0 Å². The maximum atomic E-state index is 12.6. The van der Waals surface area contributed by atoms with E-state index in [0.29, 0.717) is 23.2 Å². The van der Waals surface area contributed by atoms with Crippen LogP contribution in [0.1, 0.15) is 26.8 Å². The highest BCUT2D eigenvalue weighted by Gasteiger charge is 2.33. The number of carbonyl (C=O) groups is 1. The van der Waals surface area contributed by atoms with Crippen LogP contribution in [-0.4, -0.2) is 23.9 Å². The molecule has 2 aromatic heterocycles. The summed E-state index contributed by atoms with van der Waals surface area (Å²) in [6, 6.07) is 10.4. The van der Waals surface area contributed by atoms with Gasteiger partial charge in [-0.2, -0.15) is 13.2 Å². The van der Waals surface area contributed by atoms with Crippen molar-refractivity contribution >= 4 is 28.9 Å². The first-order valence-corrected chi connectivity index (χ1v) is 9.63. The minimum Gasteiger partial charge on any atom is -0.459 e. The molecule has 3 rings (SSSR count). The lowest BCUT2D eigenvalue weighted by molar-refractivity contribution is -0.140. The Morgan fingerprint density at radius 1 is 1.20 bits per heavy atom. The standard InChI is InChI=1S/C19H18F3N5O2S/c1-23-18(25-10-16-27-15(11-30-16)19(20,21)22)24-9-12-4-2-5-13(8-12)26-17(28)14-6-3-7-29-14/h2-8,11H,9-10H2,1H3,(H,26,28)(H2,23,24,25). The number of carbonyl (C=O) groups excluding carboxylic acids is 1. The van der Waals surface area contributed by atoms with Gasteiger partial charge in [0.05, 0.1) is 12.8 Å². The van der Waals surface area contributed by atoms with E-state index in [2.05, 4.69) is 25.9 Å². The quantitative estimate of drug-likeness (QED) is 0.402. The molecule has 0 aliphatic rings. The molecule has 2 heterocycles. The molecule has 158 valence electrons. The molecule has 1 aromatic carbocycles. The number of halogens is 3. The topological polar surface area (TPSA) is 91.5 Å². The molecule has 30 heavy (non-hydrogen) atoms. The van der Waals surface area contributed by atoms with Crippen LogP contribution in [0.2, 0.25) is 0 Å². The molecule has 3 aromatic rings. The van der Waals surface area contributed by atoms with Gasteiger partial charge in [0, 0.05) is 24.7 Å². The fourth-order valence-electron chi connectivity index (χ4n) is 2.45. The van der Waals surface area contributed by atoms with E-state index in [-0.39, 0.29) is 18.2 Å². The fraction of sp³-hybridized carbons (Fsp3) is 0.211. The predicted molar refractivity (Wildman–Crippen MR) is 107 cm³/mol. The first-order chi connectivity index (χ1) is 14.3. The van der Waals surface area contributed by atoms with E-state index in [1.54, 1.807) is 37.4 Å². The van der Waals surface area contributed by atoms with Crippen molar-refractivity contribution in [3.05, 3.63) is 70.1 Å². The third-order valence-corrected chi connectivity index (χ3v) is 4.71. The Hall–Kier alpha value is -3.34. The average Bonchev–Trinajstić information content (AvgIpc) is 3.40. The lowest BCUT2D eigenvalue weighted by Gasteiger charge is -2.12. The maximum absolute atomic E-state index is 12.6. The molecule has 0 atom stereocenters. The number of nitrogens with one attached hydrogen (secondary N) is 3. The Labute approximate surface area is 174 Å². The second-order valence-corrected chi connectivity index (χ2v) is 6.98. The highest BCUT2D eigenvalue weighted by Crippen LogP contribution is 2.29. The number of aromatic nitrogens is 1. The van der Waals surface area contributed by atoms with Crippen LogP contribution in [0.5, 0.6) is 0 Å². The molecule has 0 unspecified atom stereocenters. The lowest BCUT2D eigenvalue weighted by Crippen LogP contribution is -2.36. The summed E-state index contributed by atoms with van der Waals surface area (Å²) >= 11 is 0.926. The Morgan fingerprint density at radius 2 is 2.00 bits per heavy atom. The van der Waals surface area contributed by atoms with Crippen LogP contribution in [0.15, 0.2) is 57.5 Å². The summed E-state index contributed by atoms with van der Waals surface area (Å²) < 4.78 is 42.9. The highest BCUT2D eigenvalue weighted by molar-refractivity contribution is 7.09. The Morgan fingerprint density at radius 3 is 2.67 bits per heavy atom. The number of thiazole rings is 1. The SMILES string of the molecule is CN=C(NCc1cccc(NC(=O)c2ccco2)c1)NCc1nc(C(F)(F)F)cs1. The van der Waals surface area contributed by atoms with Crippen LogP contribution in [-0.2, 0) is 19.3 Å². The number of aliphatic imine (C=N–C) groups is 1. The van der Waals surface area contributed by atoms with Crippen LogP contribution in [0.3, 0.4) is 0 Å². The van der Waals surface area contributed by atoms with Gasteiger partial charge in [0.25, 0.3) is 5.91 Å². The van der Waals surface area contributed by atoms with Gasteiger partial charge in [-0.05, 0) is 29.8 Å². The van der Waals surface area contributed by atoms with Crippen molar-refractivity contribution in [1.29, 1.82) is 0 Å². The number of guanidine groups is 1. The molecule has 0 fully saturated rings. The van der Waals surface area contributed by atoms with Crippen LogP contribution >= 0.6 is 11.3 Å². The Bertz CT molecular complexity index is 1020. The summed E-state index contributed by atoms with van der Waals surface area (Å²) in [5, 5.41) is 10.0. The smallest absolute Gasteiger partial charge is 0.434 e. The predicted octanol–water partition coefficient (Wildman–Crippen LogP) is 3.87. The van der Waals surface area contributed by atoms with Crippen molar-refractivity contribution < 1.29 is 22.4 Å². The second kappa shape index (κ2) is 9.44. The molecule has 7 nitrogen and oxygen atoms in total. The van der Waals surface area contributed by atoms with Gasteiger partial charge in [-0.1, -0.05) is 12.1 Å². The minimum atomic E-state index is -4.45. The number of amides is 1. The molecular formula is C19H18F3N5O2S. The fourth-order valence-corrected chi connectivity index (χ4v) is 3.19. The molecule has 3 N–H and O–H groups in total. The summed E-state index contributed by atoms with van der Waals surface area (Å²) in [6.45, 7) is 0.496. The van der Waals surface area contributed by atoms with Gasteiger partial charge in [-0.25, -0.2) is 4.98 Å². The molecule has 0 saturated carbocycles. The molecular weight excluding hydrogens is 419 g/mol. The van der Waals surface area contributed by atoms with E-state index in [1.807, 2.05) is 6.07 Å². The zero-order valence-corrected chi connectivity index (χ0v) is 16.6. The van der Waals surface area contributed by atoms with Crippen LogP contribution in [0.4, 0.5) is 18.9 Å². The number of nitrogens with zero attached hydrogens (tertiary/aromatic N) is 2. The molecule has 0 aliphatic carbocycles. The number of anilines is 1. The number of hydrogen-bond acceptors (Lipinski definition) is 5. The van der Waals surface area contributed by atoms with E-state index in [4.69, 9.17) is 4.42 Å². The molecule has 0 spiro atoms. The van der Waals surface area contributed by atoms with E-state index in [0.717, 1.165) is 22.3 Å². The number of benzene rings is 1. The van der Waals surface area contributed by atoms with Crippen LogP contribution < -0.4 is 16.0 Å². The number of furan rings is 1. The summed E-state index contributed by atoms with van der Waals surface area (Å²) in [5.74, 6) is 0.257. The minimum absolute atomic E-state index is 0.111. The van der Waals surface area contributed by atoms with Gasteiger partial charge in [-0.3, -0.25) is 9.79 Å². The zero-order valence-electron chi connectivity index (χ0n) is 15.8. The summed E-state index contributed by atoms with van der Waals surface area (Å²) in [6.07, 6.45) is -3.03. The molecule has 0 bridgehead atoms. The van der Waals surface area contributed by atoms with Crippen molar-refractivity contribution in [2.45, 2.75) is 19.3 Å².